The molecular formula is C15H19ClN2O2S. The van der Waals surface area contributed by atoms with Gasteiger partial charge >= 0.3 is 0 Å². The van der Waals surface area contributed by atoms with Gasteiger partial charge in [-0.05, 0) is 18.2 Å². The van der Waals surface area contributed by atoms with Crippen LogP contribution in [0.1, 0.15) is 30.0 Å². The Bertz CT molecular complexity index is 599. The van der Waals surface area contributed by atoms with Crippen LogP contribution < -0.4 is 11.1 Å². The molecular weight excluding hydrogens is 308 g/mol. The van der Waals surface area contributed by atoms with Gasteiger partial charge in [0.15, 0.2) is 0 Å². The smallest absolute Gasteiger partial charge is 0.258 e. The van der Waals surface area contributed by atoms with E-state index in [0.717, 1.165) is 10.6 Å². The Hall–Kier alpha value is -1.43. The molecule has 1 amide bonds. The molecule has 2 rings (SSSR count). The predicted molar refractivity (Wildman–Crippen MR) is 89.2 cm³/mol. The standard InChI is InChI=1S/C15H18N2O2S.ClH/c1-10(2)20-14-6-4-3-5-13(14)17-15(18)11-7-12(8-16)19-9-11;/h3-7,9-10H,8,16H2,1-2H3,(H,17,18);1H. The number of hydrogen-bond acceptors (Lipinski definition) is 4. The van der Waals surface area contributed by atoms with E-state index in [1.165, 1.54) is 6.26 Å². The molecule has 1 heterocycles. The number of rotatable bonds is 5. The summed E-state index contributed by atoms with van der Waals surface area (Å²) < 4.78 is 5.18. The SMILES string of the molecule is CC(C)Sc1ccccc1NC(=O)c1coc(CN)c1.Cl. The molecule has 0 aliphatic rings. The molecule has 0 aliphatic carbocycles. The van der Waals surface area contributed by atoms with Crippen molar-refractivity contribution in [1.29, 1.82) is 0 Å². The molecule has 114 valence electrons. The summed E-state index contributed by atoms with van der Waals surface area (Å²) in [5, 5.41) is 3.36. The molecule has 0 saturated heterocycles. The second-order valence-corrected chi connectivity index (χ2v) is 6.24. The maximum atomic E-state index is 12.2. The summed E-state index contributed by atoms with van der Waals surface area (Å²) in [6.45, 7) is 4.52. The van der Waals surface area contributed by atoms with E-state index < -0.39 is 0 Å². The number of halogens is 1. The highest BCUT2D eigenvalue weighted by Gasteiger charge is 2.12. The Morgan fingerprint density at radius 2 is 2.10 bits per heavy atom. The van der Waals surface area contributed by atoms with Crippen LogP contribution in [0.4, 0.5) is 5.69 Å². The van der Waals surface area contributed by atoms with Crippen molar-refractivity contribution in [3.05, 3.63) is 47.9 Å². The second-order valence-electron chi connectivity index (χ2n) is 4.62. The lowest BCUT2D eigenvalue weighted by molar-refractivity contribution is 0.102. The first kappa shape index (κ1) is 17.6. The molecule has 6 heteroatoms. The Labute approximate surface area is 134 Å². The van der Waals surface area contributed by atoms with Gasteiger partial charge in [0.25, 0.3) is 5.91 Å². The third-order valence-corrected chi connectivity index (χ3v) is 3.70. The molecule has 0 spiro atoms. The van der Waals surface area contributed by atoms with Crippen molar-refractivity contribution in [1.82, 2.24) is 0 Å². The molecule has 0 bridgehead atoms. The van der Waals surface area contributed by atoms with Crippen LogP contribution in [0.3, 0.4) is 0 Å². The van der Waals surface area contributed by atoms with Crippen molar-refractivity contribution in [2.45, 2.75) is 30.5 Å². The number of hydrogen-bond donors (Lipinski definition) is 2. The van der Waals surface area contributed by atoms with Crippen molar-refractivity contribution in [3.8, 4) is 0 Å². The van der Waals surface area contributed by atoms with Crippen molar-refractivity contribution in [3.63, 3.8) is 0 Å². The van der Waals surface area contributed by atoms with E-state index in [1.54, 1.807) is 17.8 Å². The molecule has 21 heavy (non-hydrogen) atoms. The van der Waals surface area contributed by atoms with Crippen LogP contribution >= 0.6 is 24.2 Å². The zero-order valence-electron chi connectivity index (χ0n) is 12.0. The number of thioether (sulfide) groups is 1. The molecule has 0 saturated carbocycles. The largest absolute Gasteiger partial charge is 0.467 e. The van der Waals surface area contributed by atoms with Gasteiger partial charge in [0.2, 0.25) is 0 Å². The van der Waals surface area contributed by atoms with Crippen molar-refractivity contribution >= 4 is 35.8 Å². The maximum Gasteiger partial charge on any atom is 0.258 e. The minimum atomic E-state index is -0.190. The summed E-state index contributed by atoms with van der Waals surface area (Å²) in [4.78, 5) is 13.2. The predicted octanol–water partition coefficient (Wildman–Crippen LogP) is 3.91. The highest BCUT2D eigenvalue weighted by molar-refractivity contribution is 8.00. The van der Waals surface area contributed by atoms with E-state index in [2.05, 4.69) is 19.2 Å². The number of carbonyl (C=O) groups excluding carboxylic acids is 1. The number of nitrogens with two attached hydrogens (primary N) is 1. The van der Waals surface area contributed by atoms with Gasteiger partial charge in [-0.15, -0.1) is 24.2 Å². The highest BCUT2D eigenvalue weighted by Crippen LogP contribution is 2.30. The van der Waals surface area contributed by atoms with E-state index in [4.69, 9.17) is 10.2 Å². The number of amides is 1. The number of benzene rings is 1. The van der Waals surface area contributed by atoms with Gasteiger partial charge in [0.05, 0.1) is 17.8 Å². The first-order valence-electron chi connectivity index (χ1n) is 6.44. The van der Waals surface area contributed by atoms with Gasteiger partial charge < -0.3 is 15.5 Å². The quantitative estimate of drug-likeness (QED) is 0.817. The monoisotopic (exact) mass is 326 g/mol. The van der Waals surface area contributed by atoms with Crippen molar-refractivity contribution in [2.24, 2.45) is 5.73 Å². The third-order valence-electron chi connectivity index (χ3n) is 2.62. The number of para-hydroxylation sites is 1. The molecule has 4 nitrogen and oxygen atoms in total. The fourth-order valence-corrected chi connectivity index (χ4v) is 2.64. The molecule has 0 unspecified atom stereocenters. The molecule has 0 radical (unpaired) electrons. The normalized spacial score (nSPS) is 10.3. The summed E-state index contributed by atoms with van der Waals surface area (Å²) in [5.41, 5.74) is 6.76. The van der Waals surface area contributed by atoms with Gasteiger partial charge in [-0.2, -0.15) is 0 Å². The van der Waals surface area contributed by atoms with Crippen molar-refractivity contribution < 1.29 is 9.21 Å². The minimum absolute atomic E-state index is 0. The van der Waals surface area contributed by atoms with Crippen LogP contribution in [-0.2, 0) is 6.54 Å². The molecule has 1 aromatic carbocycles. The van der Waals surface area contributed by atoms with E-state index in [1.807, 2.05) is 24.3 Å². The number of furan rings is 1. The molecule has 0 fully saturated rings. The average Bonchev–Trinajstić information content (AvgIpc) is 2.89. The number of carbonyl (C=O) groups is 1. The van der Waals surface area contributed by atoms with Crippen LogP contribution in [0, 0.1) is 0 Å². The summed E-state index contributed by atoms with van der Waals surface area (Å²) >= 11 is 1.71. The van der Waals surface area contributed by atoms with E-state index in [0.29, 0.717) is 16.6 Å². The molecule has 0 atom stereocenters. The van der Waals surface area contributed by atoms with Crippen LogP contribution in [0.5, 0.6) is 0 Å². The van der Waals surface area contributed by atoms with Gasteiger partial charge in [-0.3, -0.25) is 4.79 Å². The number of anilines is 1. The fourth-order valence-electron chi connectivity index (χ4n) is 1.73. The lowest BCUT2D eigenvalue weighted by Gasteiger charge is -2.11. The molecule has 3 N–H and O–H groups in total. The highest BCUT2D eigenvalue weighted by atomic mass is 35.5. The first-order chi connectivity index (χ1) is 9.60. The summed E-state index contributed by atoms with van der Waals surface area (Å²) in [6, 6.07) is 9.42. The van der Waals surface area contributed by atoms with Gasteiger partial charge in [0, 0.05) is 10.1 Å². The Balaban J connectivity index is 0.00000220. The average molecular weight is 327 g/mol. The Morgan fingerprint density at radius 3 is 2.71 bits per heavy atom. The van der Waals surface area contributed by atoms with E-state index in [-0.39, 0.29) is 24.9 Å². The van der Waals surface area contributed by atoms with Gasteiger partial charge in [-0.25, -0.2) is 0 Å². The molecule has 2 aromatic rings. The Morgan fingerprint density at radius 1 is 1.38 bits per heavy atom. The molecule has 1 aromatic heterocycles. The summed E-state index contributed by atoms with van der Waals surface area (Å²) in [6.07, 6.45) is 1.43. The van der Waals surface area contributed by atoms with Gasteiger partial charge in [-0.1, -0.05) is 26.0 Å². The van der Waals surface area contributed by atoms with Crippen LogP contribution in [0.25, 0.3) is 0 Å². The Kier molecular flexibility index (Phi) is 6.81. The second kappa shape index (κ2) is 8.12. The zero-order chi connectivity index (χ0) is 14.5. The third kappa shape index (κ3) is 4.81. The first-order valence-corrected chi connectivity index (χ1v) is 7.32. The summed E-state index contributed by atoms with van der Waals surface area (Å²) in [7, 11) is 0. The van der Waals surface area contributed by atoms with Crippen LogP contribution in [0.15, 0.2) is 45.9 Å². The van der Waals surface area contributed by atoms with Crippen molar-refractivity contribution in [2.75, 3.05) is 5.32 Å². The minimum Gasteiger partial charge on any atom is -0.467 e. The lowest BCUT2D eigenvalue weighted by Crippen LogP contribution is -2.11. The topological polar surface area (TPSA) is 68.3 Å². The fraction of sp³-hybridized carbons (Fsp3) is 0.267. The molecule has 0 aliphatic heterocycles. The maximum absolute atomic E-state index is 12.2. The van der Waals surface area contributed by atoms with Crippen LogP contribution in [-0.4, -0.2) is 11.2 Å². The van der Waals surface area contributed by atoms with E-state index in [9.17, 15) is 4.79 Å². The number of nitrogens with one attached hydrogen (secondary N) is 1. The lowest BCUT2D eigenvalue weighted by atomic mass is 10.2. The van der Waals surface area contributed by atoms with E-state index >= 15 is 0 Å². The van der Waals surface area contributed by atoms with Crippen LogP contribution in [0.2, 0.25) is 0 Å². The van der Waals surface area contributed by atoms with Gasteiger partial charge in [0.1, 0.15) is 12.0 Å². The zero-order valence-corrected chi connectivity index (χ0v) is 13.6. The summed E-state index contributed by atoms with van der Waals surface area (Å²) in [5.74, 6) is 0.408.